The van der Waals surface area contributed by atoms with Crippen LogP contribution in [0.4, 0.5) is 13.2 Å². The Morgan fingerprint density at radius 1 is 1.03 bits per heavy atom. The summed E-state index contributed by atoms with van der Waals surface area (Å²) in [6, 6.07) is 15.9. The van der Waals surface area contributed by atoms with Gasteiger partial charge in [0.25, 0.3) is 5.91 Å². The van der Waals surface area contributed by atoms with Crippen LogP contribution >= 0.6 is 0 Å². The van der Waals surface area contributed by atoms with E-state index < -0.39 is 11.7 Å². The monoisotopic (exact) mass is 411 g/mol. The minimum atomic E-state index is -4.34. The predicted octanol–water partition coefficient (Wildman–Crippen LogP) is 5.06. The second-order valence-corrected chi connectivity index (χ2v) is 7.30. The molecule has 1 aromatic carbocycles. The molecule has 0 N–H and O–H groups in total. The second kappa shape index (κ2) is 8.26. The fourth-order valence-corrected chi connectivity index (χ4v) is 3.76. The average molecular weight is 411 g/mol. The van der Waals surface area contributed by atoms with E-state index in [1.54, 1.807) is 29.3 Å². The molecule has 1 aliphatic rings. The summed E-state index contributed by atoms with van der Waals surface area (Å²) < 4.78 is 38.2. The van der Waals surface area contributed by atoms with Crippen molar-refractivity contribution in [3.8, 4) is 0 Å². The average Bonchev–Trinajstić information content (AvgIpc) is 3.24. The highest BCUT2D eigenvalue weighted by molar-refractivity contribution is 5.92. The van der Waals surface area contributed by atoms with Gasteiger partial charge >= 0.3 is 6.18 Å². The van der Waals surface area contributed by atoms with Gasteiger partial charge in [0.2, 0.25) is 0 Å². The lowest BCUT2D eigenvalue weighted by atomic mass is 10.1. The topological polar surface area (TPSA) is 46.1 Å². The summed E-state index contributed by atoms with van der Waals surface area (Å²) in [6.07, 6.45) is -0.625. The van der Waals surface area contributed by atoms with Gasteiger partial charge in [-0.2, -0.15) is 13.2 Å². The van der Waals surface area contributed by atoms with Crippen molar-refractivity contribution in [3.63, 3.8) is 0 Å². The van der Waals surface area contributed by atoms with Gasteiger partial charge < -0.3 is 4.90 Å². The van der Waals surface area contributed by atoms with Crippen molar-refractivity contribution in [1.82, 2.24) is 14.9 Å². The van der Waals surface area contributed by atoms with E-state index in [-0.39, 0.29) is 11.9 Å². The molecule has 0 unspecified atom stereocenters. The van der Waals surface area contributed by atoms with E-state index in [0.29, 0.717) is 18.7 Å². The van der Waals surface area contributed by atoms with Crippen LogP contribution in [-0.2, 0) is 12.6 Å². The molecule has 2 aromatic heterocycles. The van der Waals surface area contributed by atoms with E-state index in [2.05, 4.69) is 4.98 Å². The molecule has 1 saturated heterocycles. The number of alkyl halides is 3. The van der Waals surface area contributed by atoms with Crippen LogP contribution < -0.4 is 0 Å². The van der Waals surface area contributed by atoms with Crippen molar-refractivity contribution < 1.29 is 18.0 Å². The van der Waals surface area contributed by atoms with Crippen LogP contribution in [0.3, 0.4) is 0 Å². The van der Waals surface area contributed by atoms with Crippen molar-refractivity contribution >= 4 is 5.91 Å². The third-order valence-corrected chi connectivity index (χ3v) is 5.23. The van der Waals surface area contributed by atoms with Crippen LogP contribution in [0.5, 0.6) is 0 Å². The maximum absolute atomic E-state index is 12.9. The first-order valence-electron chi connectivity index (χ1n) is 9.76. The molecule has 154 valence electrons. The largest absolute Gasteiger partial charge is 0.416 e. The number of likely N-dealkylation sites (tertiary alicyclic amines) is 1. The third kappa shape index (κ3) is 4.35. The quantitative estimate of drug-likeness (QED) is 0.603. The molecule has 30 heavy (non-hydrogen) atoms. The third-order valence-electron chi connectivity index (χ3n) is 5.23. The van der Waals surface area contributed by atoms with Gasteiger partial charge in [0, 0.05) is 24.9 Å². The Morgan fingerprint density at radius 3 is 2.53 bits per heavy atom. The second-order valence-electron chi connectivity index (χ2n) is 7.30. The zero-order valence-electron chi connectivity index (χ0n) is 16.1. The van der Waals surface area contributed by atoms with Crippen molar-refractivity contribution in [2.24, 2.45) is 0 Å². The molecule has 3 heterocycles. The molecular weight excluding hydrogens is 391 g/mol. The van der Waals surface area contributed by atoms with Gasteiger partial charge in [-0.05, 0) is 54.8 Å². The molecule has 0 aliphatic carbocycles. The molecule has 1 amide bonds. The molecule has 4 nitrogen and oxygen atoms in total. The van der Waals surface area contributed by atoms with E-state index in [9.17, 15) is 18.0 Å². The van der Waals surface area contributed by atoms with Gasteiger partial charge in [-0.25, -0.2) is 0 Å². The molecular formula is C23H20F3N3O. The Morgan fingerprint density at radius 2 is 1.83 bits per heavy atom. The van der Waals surface area contributed by atoms with Crippen molar-refractivity contribution in [2.75, 3.05) is 6.54 Å². The Bertz CT molecular complexity index is 1020. The molecule has 0 bridgehead atoms. The van der Waals surface area contributed by atoms with Crippen molar-refractivity contribution in [3.05, 3.63) is 95.1 Å². The molecule has 0 spiro atoms. The number of carbonyl (C=O) groups is 1. The number of pyridine rings is 2. The highest BCUT2D eigenvalue weighted by Gasteiger charge is 2.32. The molecule has 0 saturated carbocycles. The summed E-state index contributed by atoms with van der Waals surface area (Å²) in [7, 11) is 0. The lowest BCUT2D eigenvalue weighted by molar-refractivity contribution is -0.137. The summed E-state index contributed by atoms with van der Waals surface area (Å²) >= 11 is 0. The molecule has 4 rings (SSSR count). The first-order chi connectivity index (χ1) is 14.4. The summed E-state index contributed by atoms with van der Waals surface area (Å²) in [6.45, 7) is 0.644. The van der Waals surface area contributed by atoms with Crippen LogP contribution in [0.15, 0.2) is 66.9 Å². The minimum Gasteiger partial charge on any atom is -0.329 e. The van der Waals surface area contributed by atoms with E-state index in [4.69, 9.17) is 4.98 Å². The first-order valence-corrected chi connectivity index (χ1v) is 9.76. The van der Waals surface area contributed by atoms with Crippen molar-refractivity contribution in [2.45, 2.75) is 31.5 Å². The Hall–Kier alpha value is -3.22. The number of benzene rings is 1. The maximum atomic E-state index is 12.9. The summed E-state index contributed by atoms with van der Waals surface area (Å²) in [4.78, 5) is 23.5. The first kappa shape index (κ1) is 20.1. The zero-order valence-corrected chi connectivity index (χ0v) is 16.1. The molecule has 7 heteroatoms. The number of nitrogens with zero attached hydrogens (tertiary/aromatic N) is 3. The van der Waals surface area contributed by atoms with Gasteiger partial charge in [-0.15, -0.1) is 0 Å². The number of hydrogen-bond donors (Lipinski definition) is 0. The smallest absolute Gasteiger partial charge is 0.329 e. The maximum Gasteiger partial charge on any atom is 0.416 e. The fourth-order valence-electron chi connectivity index (χ4n) is 3.76. The standard InChI is InChI=1S/C23H20F3N3O/c24-23(25,26)17-11-9-16(10-12-17)15-18-5-3-7-19(28-18)21-8-4-14-29(21)22(30)20-6-1-2-13-27-20/h1-3,5-7,9-13,21H,4,8,14-15H2/t21-/m1/s1. The summed E-state index contributed by atoms with van der Waals surface area (Å²) in [5.41, 5.74) is 2.04. The lowest BCUT2D eigenvalue weighted by Gasteiger charge is -2.24. The zero-order chi connectivity index (χ0) is 21.1. The number of aromatic nitrogens is 2. The van der Waals surface area contributed by atoms with Crippen LogP contribution in [-0.4, -0.2) is 27.3 Å². The highest BCUT2D eigenvalue weighted by Crippen LogP contribution is 2.32. The van der Waals surface area contributed by atoms with Crippen LogP contribution in [0.2, 0.25) is 0 Å². The van der Waals surface area contributed by atoms with E-state index in [0.717, 1.165) is 41.9 Å². The Kier molecular flexibility index (Phi) is 5.53. The van der Waals surface area contributed by atoms with Crippen LogP contribution in [0, 0.1) is 0 Å². The lowest BCUT2D eigenvalue weighted by Crippen LogP contribution is -2.31. The number of rotatable bonds is 4. The molecule has 1 fully saturated rings. The van der Waals surface area contributed by atoms with Gasteiger partial charge in [0.15, 0.2) is 0 Å². The number of hydrogen-bond acceptors (Lipinski definition) is 3. The van der Waals surface area contributed by atoms with E-state index >= 15 is 0 Å². The Labute approximate surface area is 172 Å². The van der Waals surface area contributed by atoms with Crippen molar-refractivity contribution in [1.29, 1.82) is 0 Å². The predicted molar refractivity (Wildman–Crippen MR) is 106 cm³/mol. The summed E-state index contributed by atoms with van der Waals surface area (Å²) in [5, 5.41) is 0. The van der Waals surface area contributed by atoms with Gasteiger partial charge in [0.05, 0.1) is 17.3 Å². The molecule has 1 atom stereocenters. The summed E-state index contributed by atoms with van der Waals surface area (Å²) in [5.74, 6) is -0.118. The number of halogens is 3. The number of carbonyl (C=O) groups excluding carboxylic acids is 1. The van der Waals surface area contributed by atoms with Crippen LogP contribution in [0.25, 0.3) is 0 Å². The van der Waals surface area contributed by atoms with E-state index in [1.165, 1.54) is 12.1 Å². The molecule has 3 aromatic rings. The van der Waals surface area contributed by atoms with E-state index in [1.807, 2.05) is 18.2 Å². The van der Waals surface area contributed by atoms with Gasteiger partial charge in [0.1, 0.15) is 5.69 Å². The highest BCUT2D eigenvalue weighted by atomic mass is 19.4. The normalized spacial score (nSPS) is 16.6. The van der Waals surface area contributed by atoms with Crippen LogP contribution in [0.1, 0.15) is 51.9 Å². The van der Waals surface area contributed by atoms with Gasteiger partial charge in [-0.3, -0.25) is 14.8 Å². The number of amides is 1. The molecule has 1 aliphatic heterocycles. The molecule has 0 radical (unpaired) electrons. The SMILES string of the molecule is O=C(c1ccccn1)N1CCC[C@@H]1c1cccc(Cc2ccc(C(F)(F)F)cc2)n1. The minimum absolute atomic E-state index is 0.118. The fraction of sp³-hybridized carbons (Fsp3) is 0.261. The Balaban J connectivity index is 1.52. The van der Waals surface area contributed by atoms with Gasteiger partial charge in [-0.1, -0.05) is 24.3 Å².